The van der Waals surface area contributed by atoms with Gasteiger partial charge in [0, 0.05) is 16.8 Å². The fraction of sp³-hybridized carbons (Fsp3) is 0.538. The Morgan fingerprint density at radius 3 is 2.25 bits per heavy atom. The number of hydrogen-bond donors (Lipinski definition) is 2. The van der Waals surface area contributed by atoms with Crippen LogP contribution in [0.3, 0.4) is 0 Å². The molecule has 0 spiro atoms. The standard InChI is InChI=1S/C26H33NO4S/c1-16-8-10-19(11-9-16)25(29)27(20-12-14-21(28)15-13-20)22-17(2)23(32-24(22)26(30)31)18-6-4-3-5-7-18/h3-7,16,19-21,28H,8-15H2,1-2H3,(H,30,31)/t16-,19-,20-,21+/i21D. The molecular formula is C26H33NO4S. The molecule has 2 aliphatic carbocycles. The van der Waals surface area contributed by atoms with Crippen molar-refractivity contribution in [1.82, 2.24) is 0 Å². The van der Waals surface area contributed by atoms with E-state index in [0.29, 0.717) is 24.4 Å². The molecule has 0 aliphatic heterocycles. The number of rotatable bonds is 5. The molecule has 0 saturated heterocycles. The number of nitrogens with zero attached hydrogens (tertiary/aromatic N) is 1. The van der Waals surface area contributed by atoms with Gasteiger partial charge in [-0.25, -0.2) is 4.79 Å². The van der Waals surface area contributed by atoms with Crippen LogP contribution in [0.2, 0.25) is 0 Å². The van der Waals surface area contributed by atoms with Gasteiger partial charge in [-0.3, -0.25) is 4.79 Å². The van der Waals surface area contributed by atoms with Crippen LogP contribution in [-0.2, 0) is 4.79 Å². The SMILES string of the molecule is [2H][C@]1(O)CC[C@@H](N(c2c(C(=O)O)sc(-c3ccccc3)c2C)C(=O)[C@H]2CC[C@H](C)CC2)CC1. The zero-order valence-corrected chi connectivity index (χ0v) is 19.7. The third-order valence-corrected chi connectivity index (χ3v) is 8.40. The fourth-order valence-corrected chi connectivity index (χ4v) is 6.32. The van der Waals surface area contributed by atoms with Gasteiger partial charge in [0.25, 0.3) is 0 Å². The van der Waals surface area contributed by atoms with Gasteiger partial charge in [0.2, 0.25) is 5.91 Å². The zero-order chi connectivity index (χ0) is 23.8. The summed E-state index contributed by atoms with van der Waals surface area (Å²) in [6.45, 7) is 4.12. The minimum absolute atomic E-state index is 0.00494. The van der Waals surface area contributed by atoms with Crippen molar-refractivity contribution in [3.63, 3.8) is 0 Å². The van der Waals surface area contributed by atoms with Crippen molar-refractivity contribution in [2.45, 2.75) is 77.3 Å². The van der Waals surface area contributed by atoms with E-state index in [-0.39, 0.29) is 35.6 Å². The number of carboxylic acids is 1. The van der Waals surface area contributed by atoms with E-state index in [1.807, 2.05) is 37.3 Å². The van der Waals surface area contributed by atoms with E-state index < -0.39 is 12.0 Å². The second kappa shape index (κ2) is 9.75. The van der Waals surface area contributed by atoms with Crippen molar-refractivity contribution >= 4 is 28.9 Å². The lowest BCUT2D eigenvalue weighted by Crippen LogP contribution is -2.47. The first-order chi connectivity index (χ1) is 15.7. The Morgan fingerprint density at radius 1 is 1.03 bits per heavy atom. The average molecular weight is 457 g/mol. The monoisotopic (exact) mass is 456 g/mol. The molecule has 1 heterocycles. The van der Waals surface area contributed by atoms with Gasteiger partial charge in [0.1, 0.15) is 4.88 Å². The number of thiophene rings is 1. The molecule has 0 unspecified atom stereocenters. The second-order valence-electron chi connectivity index (χ2n) is 9.37. The number of carboxylic acid groups (broad SMARTS) is 1. The van der Waals surface area contributed by atoms with E-state index in [4.69, 9.17) is 1.37 Å². The summed E-state index contributed by atoms with van der Waals surface area (Å²) in [7, 11) is 0. The lowest BCUT2D eigenvalue weighted by molar-refractivity contribution is -0.124. The summed E-state index contributed by atoms with van der Waals surface area (Å²) in [5, 5.41) is 20.3. The Hall–Kier alpha value is -2.18. The van der Waals surface area contributed by atoms with Crippen LogP contribution in [0.1, 0.15) is 74.9 Å². The van der Waals surface area contributed by atoms with E-state index in [1.54, 1.807) is 4.90 Å². The second-order valence-corrected chi connectivity index (χ2v) is 10.4. The summed E-state index contributed by atoms with van der Waals surface area (Å²) in [5.41, 5.74) is 2.26. The molecule has 1 aromatic heterocycles. The maximum absolute atomic E-state index is 14.0. The molecule has 172 valence electrons. The smallest absolute Gasteiger partial charge is 0.348 e. The molecule has 32 heavy (non-hydrogen) atoms. The summed E-state index contributed by atoms with van der Waals surface area (Å²) >= 11 is 1.22. The normalized spacial score (nSPS) is 28.7. The van der Waals surface area contributed by atoms with E-state index in [2.05, 4.69) is 6.92 Å². The molecule has 2 fully saturated rings. The molecule has 1 aromatic carbocycles. The molecule has 0 atom stereocenters. The molecule has 2 N–H and O–H groups in total. The highest BCUT2D eigenvalue weighted by Gasteiger charge is 2.38. The van der Waals surface area contributed by atoms with Gasteiger partial charge in [-0.05, 0) is 75.3 Å². The summed E-state index contributed by atoms with van der Waals surface area (Å²) in [6.07, 6.45) is 3.72. The van der Waals surface area contributed by atoms with Crippen molar-refractivity contribution in [3.8, 4) is 10.4 Å². The Morgan fingerprint density at radius 2 is 1.66 bits per heavy atom. The van der Waals surface area contributed by atoms with E-state index in [1.165, 1.54) is 11.3 Å². The van der Waals surface area contributed by atoms with Crippen LogP contribution in [-0.4, -0.2) is 34.2 Å². The Labute approximate surface area is 195 Å². The molecule has 0 radical (unpaired) electrons. The average Bonchev–Trinajstić information content (AvgIpc) is 3.13. The highest BCUT2D eigenvalue weighted by molar-refractivity contribution is 7.18. The quantitative estimate of drug-likeness (QED) is 0.588. The Bertz CT molecular complexity index is 1000. The topological polar surface area (TPSA) is 77.8 Å². The molecule has 2 aliphatic rings. The molecule has 4 rings (SSSR count). The van der Waals surface area contributed by atoms with Crippen LogP contribution in [0.5, 0.6) is 0 Å². The highest BCUT2D eigenvalue weighted by Crippen LogP contribution is 2.45. The number of amides is 1. The summed E-state index contributed by atoms with van der Waals surface area (Å²) < 4.78 is 8.02. The number of hydrogen-bond acceptors (Lipinski definition) is 4. The van der Waals surface area contributed by atoms with E-state index in [9.17, 15) is 19.8 Å². The molecule has 2 saturated carbocycles. The maximum atomic E-state index is 14.0. The Balaban J connectivity index is 1.79. The van der Waals surface area contributed by atoms with E-state index in [0.717, 1.165) is 41.7 Å². The van der Waals surface area contributed by atoms with Crippen LogP contribution in [0, 0.1) is 18.8 Å². The lowest BCUT2D eigenvalue weighted by atomic mass is 9.81. The molecule has 5 nitrogen and oxygen atoms in total. The lowest BCUT2D eigenvalue weighted by Gasteiger charge is -2.39. The molecule has 0 bridgehead atoms. The Kier molecular flexibility index (Phi) is 6.60. The van der Waals surface area contributed by atoms with Crippen molar-refractivity contribution in [2.75, 3.05) is 4.90 Å². The zero-order valence-electron chi connectivity index (χ0n) is 19.8. The summed E-state index contributed by atoms with van der Waals surface area (Å²) in [5.74, 6) is -0.523. The van der Waals surface area contributed by atoms with Gasteiger partial charge >= 0.3 is 5.97 Å². The number of anilines is 1. The highest BCUT2D eigenvalue weighted by atomic mass is 32.1. The van der Waals surface area contributed by atoms with Crippen LogP contribution >= 0.6 is 11.3 Å². The summed E-state index contributed by atoms with van der Waals surface area (Å²) in [6, 6.07) is 9.49. The van der Waals surface area contributed by atoms with Gasteiger partial charge in [-0.15, -0.1) is 11.3 Å². The largest absolute Gasteiger partial charge is 0.477 e. The molecule has 6 heteroatoms. The van der Waals surface area contributed by atoms with Crippen molar-refractivity contribution in [2.24, 2.45) is 11.8 Å². The number of aromatic carboxylic acids is 1. The van der Waals surface area contributed by atoms with Gasteiger partial charge in [0.15, 0.2) is 0 Å². The van der Waals surface area contributed by atoms with Crippen LogP contribution in [0.15, 0.2) is 30.3 Å². The van der Waals surface area contributed by atoms with Crippen LogP contribution < -0.4 is 4.90 Å². The number of benzene rings is 1. The number of carbonyl (C=O) groups excluding carboxylic acids is 1. The predicted octanol–water partition coefficient (Wildman–Crippen LogP) is 5.88. The van der Waals surface area contributed by atoms with Gasteiger partial charge < -0.3 is 15.1 Å². The third-order valence-electron chi connectivity index (χ3n) is 7.09. The summed E-state index contributed by atoms with van der Waals surface area (Å²) in [4.78, 5) is 29.1. The first kappa shape index (κ1) is 21.7. The number of aliphatic hydroxyl groups is 1. The number of carbonyl (C=O) groups is 2. The van der Waals surface area contributed by atoms with Crippen molar-refractivity contribution < 1.29 is 21.2 Å². The van der Waals surface area contributed by atoms with Crippen molar-refractivity contribution in [1.29, 1.82) is 0 Å². The van der Waals surface area contributed by atoms with Crippen LogP contribution in [0.25, 0.3) is 10.4 Å². The van der Waals surface area contributed by atoms with Crippen LogP contribution in [0.4, 0.5) is 5.69 Å². The van der Waals surface area contributed by atoms with Crippen molar-refractivity contribution in [3.05, 3.63) is 40.8 Å². The minimum Gasteiger partial charge on any atom is -0.477 e. The first-order valence-corrected chi connectivity index (χ1v) is 12.5. The minimum atomic E-state index is -1.47. The molecular weight excluding hydrogens is 422 g/mol. The van der Waals surface area contributed by atoms with E-state index >= 15 is 0 Å². The third kappa shape index (κ3) is 4.62. The molecule has 2 aromatic rings. The van der Waals surface area contributed by atoms with Gasteiger partial charge in [-0.2, -0.15) is 0 Å². The van der Waals surface area contributed by atoms with Gasteiger partial charge in [0.05, 0.1) is 13.1 Å². The first-order valence-electron chi connectivity index (χ1n) is 12.2. The fourth-order valence-electron chi connectivity index (χ4n) is 5.18. The molecule has 1 amide bonds. The maximum Gasteiger partial charge on any atom is 0.348 e. The predicted molar refractivity (Wildman–Crippen MR) is 128 cm³/mol. The van der Waals surface area contributed by atoms with Gasteiger partial charge in [-0.1, -0.05) is 37.3 Å².